The van der Waals surface area contributed by atoms with Crippen LogP contribution in [0.3, 0.4) is 0 Å². The van der Waals surface area contributed by atoms with E-state index in [9.17, 15) is 0 Å². The van der Waals surface area contributed by atoms with Gasteiger partial charge in [-0.3, -0.25) is 0 Å². The first-order valence-corrected chi connectivity index (χ1v) is 5.87. The molecule has 5 heteroatoms. The van der Waals surface area contributed by atoms with Crippen LogP contribution in [-0.4, -0.2) is 17.0 Å². The van der Waals surface area contributed by atoms with E-state index in [1.165, 1.54) is 0 Å². The lowest BCUT2D eigenvalue weighted by Crippen LogP contribution is -2.18. The van der Waals surface area contributed by atoms with Gasteiger partial charge in [-0.2, -0.15) is 0 Å². The van der Waals surface area contributed by atoms with Crippen molar-refractivity contribution < 1.29 is 0 Å². The van der Waals surface area contributed by atoms with Crippen molar-refractivity contribution in [2.75, 3.05) is 17.7 Å². The van der Waals surface area contributed by atoms with E-state index in [-0.39, 0.29) is 0 Å². The maximum Gasteiger partial charge on any atom is 0.146 e. The fourth-order valence-corrected chi connectivity index (χ4v) is 2.14. The molecule has 0 amide bonds. The van der Waals surface area contributed by atoms with Crippen LogP contribution in [-0.2, 0) is 6.54 Å². The Morgan fingerprint density at radius 3 is 2.94 bits per heavy atom. The van der Waals surface area contributed by atoms with Crippen LogP contribution in [0.15, 0.2) is 23.7 Å². The van der Waals surface area contributed by atoms with Gasteiger partial charge in [0.15, 0.2) is 0 Å². The first-order chi connectivity index (χ1) is 7.66. The standard InChI is InChI=1S/C11H14N4S/c1-8-14-9(7-16-8)6-15(2)10-4-3-5-13-11(10)12/h3-5,7H,6H2,1-2H3,(H2,12,13). The van der Waals surface area contributed by atoms with Crippen molar-refractivity contribution in [2.45, 2.75) is 13.5 Å². The minimum atomic E-state index is 0.553. The van der Waals surface area contributed by atoms with E-state index < -0.39 is 0 Å². The summed E-state index contributed by atoms with van der Waals surface area (Å²) in [6, 6.07) is 3.84. The Hall–Kier alpha value is -1.62. The predicted octanol–water partition coefficient (Wildman–Crippen LogP) is 2.07. The average Bonchev–Trinajstić information content (AvgIpc) is 2.64. The molecule has 0 aliphatic carbocycles. The zero-order chi connectivity index (χ0) is 11.5. The van der Waals surface area contributed by atoms with E-state index in [0.717, 1.165) is 22.9 Å². The summed E-state index contributed by atoms with van der Waals surface area (Å²) in [5, 5.41) is 3.15. The summed E-state index contributed by atoms with van der Waals surface area (Å²) in [7, 11) is 1.99. The molecule has 0 aromatic carbocycles. The number of hydrogen-bond acceptors (Lipinski definition) is 5. The summed E-state index contributed by atoms with van der Waals surface area (Å²) in [6.07, 6.45) is 1.69. The fourth-order valence-electron chi connectivity index (χ4n) is 1.54. The first-order valence-electron chi connectivity index (χ1n) is 4.99. The number of nitrogens with two attached hydrogens (primary N) is 1. The van der Waals surface area contributed by atoms with Crippen LogP contribution in [0, 0.1) is 6.92 Å². The maximum atomic E-state index is 5.81. The zero-order valence-electron chi connectivity index (χ0n) is 9.34. The predicted molar refractivity (Wildman–Crippen MR) is 67.6 cm³/mol. The third-order valence-corrected chi connectivity index (χ3v) is 3.12. The second kappa shape index (κ2) is 4.49. The van der Waals surface area contributed by atoms with Gasteiger partial charge in [0.1, 0.15) is 5.82 Å². The molecular weight excluding hydrogens is 220 g/mol. The molecule has 2 aromatic heterocycles. The lowest BCUT2D eigenvalue weighted by molar-refractivity contribution is 0.888. The molecule has 2 rings (SSSR count). The topological polar surface area (TPSA) is 55.0 Å². The molecule has 0 aliphatic rings. The normalized spacial score (nSPS) is 10.4. The fraction of sp³-hybridized carbons (Fsp3) is 0.273. The van der Waals surface area contributed by atoms with E-state index in [1.54, 1.807) is 17.5 Å². The van der Waals surface area contributed by atoms with Crippen LogP contribution >= 0.6 is 11.3 Å². The number of rotatable bonds is 3. The first kappa shape index (κ1) is 10.9. The molecule has 2 aromatic rings. The Labute approximate surface area is 98.8 Å². The lowest BCUT2D eigenvalue weighted by atomic mass is 10.3. The van der Waals surface area contributed by atoms with E-state index in [4.69, 9.17) is 5.73 Å². The van der Waals surface area contributed by atoms with Gasteiger partial charge in [-0.15, -0.1) is 11.3 Å². The summed E-state index contributed by atoms with van der Waals surface area (Å²) < 4.78 is 0. The van der Waals surface area contributed by atoms with Gasteiger partial charge in [0, 0.05) is 18.6 Å². The van der Waals surface area contributed by atoms with Crippen molar-refractivity contribution in [3.05, 3.63) is 34.4 Å². The van der Waals surface area contributed by atoms with Crippen molar-refractivity contribution in [1.29, 1.82) is 0 Å². The number of aromatic nitrogens is 2. The van der Waals surface area contributed by atoms with Crippen LogP contribution < -0.4 is 10.6 Å². The number of aryl methyl sites for hydroxylation is 1. The van der Waals surface area contributed by atoms with Gasteiger partial charge in [0.25, 0.3) is 0 Å². The Balaban J connectivity index is 2.14. The van der Waals surface area contributed by atoms with E-state index >= 15 is 0 Å². The van der Waals surface area contributed by atoms with Crippen molar-refractivity contribution >= 4 is 22.8 Å². The summed E-state index contributed by atoms with van der Waals surface area (Å²) in [5.74, 6) is 0.553. The second-order valence-electron chi connectivity index (χ2n) is 3.62. The van der Waals surface area contributed by atoms with Gasteiger partial charge >= 0.3 is 0 Å². The van der Waals surface area contributed by atoms with Crippen LogP contribution in [0.25, 0.3) is 0 Å². The molecule has 2 N–H and O–H groups in total. The molecule has 0 atom stereocenters. The van der Waals surface area contributed by atoms with Crippen LogP contribution in [0.2, 0.25) is 0 Å². The number of nitrogen functional groups attached to an aromatic ring is 1. The minimum absolute atomic E-state index is 0.553. The highest BCUT2D eigenvalue weighted by molar-refractivity contribution is 7.09. The number of pyridine rings is 1. The van der Waals surface area contributed by atoms with Gasteiger partial charge in [-0.05, 0) is 19.1 Å². The molecule has 0 radical (unpaired) electrons. The quantitative estimate of drug-likeness (QED) is 0.883. The molecule has 2 heterocycles. The average molecular weight is 234 g/mol. The van der Waals surface area contributed by atoms with Gasteiger partial charge in [-0.25, -0.2) is 9.97 Å². The molecule has 0 saturated carbocycles. The summed E-state index contributed by atoms with van der Waals surface area (Å²) in [4.78, 5) is 10.5. The number of anilines is 2. The van der Waals surface area contributed by atoms with Crippen molar-refractivity contribution in [3.8, 4) is 0 Å². The molecular formula is C11H14N4S. The van der Waals surface area contributed by atoms with Gasteiger partial charge < -0.3 is 10.6 Å². The lowest BCUT2D eigenvalue weighted by Gasteiger charge is -2.18. The van der Waals surface area contributed by atoms with Crippen molar-refractivity contribution in [2.24, 2.45) is 0 Å². The molecule has 0 fully saturated rings. The molecule has 0 aliphatic heterocycles. The highest BCUT2D eigenvalue weighted by Gasteiger charge is 2.07. The molecule has 0 unspecified atom stereocenters. The van der Waals surface area contributed by atoms with Gasteiger partial charge in [-0.1, -0.05) is 0 Å². The largest absolute Gasteiger partial charge is 0.382 e. The molecule has 16 heavy (non-hydrogen) atoms. The summed E-state index contributed by atoms with van der Waals surface area (Å²) in [6.45, 7) is 2.76. The molecule has 0 saturated heterocycles. The minimum Gasteiger partial charge on any atom is -0.382 e. The smallest absolute Gasteiger partial charge is 0.146 e. The van der Waals surface area contributed by atoms with Gasteiger partial charge in [0.05, 0.1) is 22.9 Å². The third kappa shape index (κ3) is 2.30. The second-order valence-corrected chi connectivity index (χ2v) is 4.68. The van der Waals surface area contributed by atoms with E-state index in [0.29, 0.717) is 5.82 Å². The van der Waals surface area contributed by atoms with E-state index in [2.05, 4.69) is 20.2 Å². The zero-order valence-corrected chi connectivity index (χ0v) is 10.2. The number of nitrogens with zero attached hydrogens (tertiary/aromatic N) is 3. The molecule has 0 bridgehead atoms. The highest BCUT2D eigenvalue weighted by Crippen LogP contribution is 2.20. The van der Waals surface area contributed by atoms with E-state index in [1.807, 2.05) is 26.1 Å². The van der Waals surface area contributed by atoms with Crippen molar-refractivity contribution in [3.63, 3.8) is 0 Å². The number of thiazole rings is 1. The summed E-state index contributed by atoms with van der Waals surface area (Å²) in [5.41, 5.74) is 7.81. The SMILES string of the molecule is Cc1nc(CN(C)c2cccnc2N)cs1. The van der Waals surface area contributed by atoms with Gasteiger partial charge in [0.2, 0.25) is 0 Å². The highest BCUT2D eigenvalue weighted by atomic mass is 32.1. The Bertz CT molecular complexity index is 480. The Kier molecular flexibility index (Phi) is 3.05. The molecule has 4 nitrogen and oxygen atoms in total. The third-order valence-electron chi connectivity index (χ3n) is 2.29. The van der Waals surface area contributed by atoms with Crippen molar-refractivity contribution in [1.82, 2.24) is 9.97 Å². The monoisotopic (exact) mass is 234 g/mol. The summed E-state index contributed by atoms with van der Waals surface area (Å²) >= 11 is 1.66. The number of hydrogen-bond donors (Lipinski definition) is 1. The van der Waals surface area contributed by atoms with Crippen LogP contribution in [0.5, 0.6) is 0 Å². The molecule has 0 spiro atoms. The van der Waals surface area contributed by atoms with Crippen LogP contribution in [0.1, 0.15) is 10.7 Å². The molecule has 84 valence electrons. The van der Waals surface area contributed by atoms with Crippen LogP contribution in [0.4, 0.5) is 11.5 Å². The Morgan fingerprint density at radius 2 is 2.31 bits per heavy atom. The Morgan fingerprint density at radius 1 is 1.50 bits per heavy atom. The maximum absolute atomic E-state index is 5.81.